The smallest absolute Gasteiger partial charge is 0.306 e. The molecule has 0 aromatic heterocycles. The number of hydrogen-bond donors (Lipinski definition) is 0. The van der Waals surface area contributed by atoms with Crippen LogP contribution in [0.2, 0.25) is 0 Å². The second-order valence-corrected chi connectivity index (χ2v) is 21.3. The third kappa shape index (κ3) is 56.9. The fraction of sp³-hybridized carbons (Fsp3) is 0.921. The molecule has 0 rings (SSSR count). The molecule has 0 bridgehead atoms. The minimum Gasteiger partial charge on any atom is -0.462 e. The number of carbonyl (C=O) groups excluding carboxylic acids is 3. The summed E-state index contributed by atoms with van der Waals surface area (Å²) >= 11 is 0. The van der Waals surface area contributed by atoms with Gasteiger partial charge in [0.05, 0.1) is 0 Å². The standard InChI is InChI=1S/C63H120O6/c1-4-7-10-13-16-19-22-25-26-27-28-29-30-31-32-33-34-35-36-37-38-39-42-44-47-50-53-56-62(65)68-59-60(69-63(66)57-54-51-48-45-41-24-21-18-15-12-9-6-3)58-67-61(64)55-52-49-46-43-40-23-20-17-14-11-8-5-2/h18,21,60H,4-17,19-20,22-59H2,1-3H3/b21-18-. The van der Waals surface area contributed by atoms with Crippen molar-refractivity contribution in [2.24, 2.45) is 0 Å². The zero-order valence-corrected chi connectivity index (χ0v) is 46.9. The fourth-order valence-corrected chi connectivity index (χ4v) is 9.56. The summed E-state index contributed by atoms with van der Waals surface area (Å²) < 4.78 is 16.9. The van der Waals surface area contributed by atoms with Crippen LogP contribution in [0.3, 0.4) is 0 Å². The predicted molar refractivity (Wildman–Crippen MR) is 298 cm³/mol. The highest BCUT2D eigenvalue weighted by Gasteiger charge is 2.19. The van der Waals surface area contributed by atoms with Crippen LogP contribution in [0.5, 0.6) is 0 Å². The van der Waals surface area contributed by atoms with E-state index in [4.69, 9.17) is 14.2 Å². The van der Waals surface area contributed by atoms with Crippen molar-refractivity contribution in [3.05, 3.63) is 12.2 Å². The SMILES string of the molecule is CCCCC/C=C\CCCCCCCC(=O)OC(COC(=O)CCCCCCCCCCCCCC)COC(=O)CCCCCCCCCCCCCCCCCCCCCCCCCCCCC. The predicted octanol–water partition coefficient (Wildman–Crippen LogP) is 20.9. The van der Waals surface area contributed by atoms with Gasteiger partial charge in [0.2, 0.25) is 0 Å². The summed E-state index contributed by atoms with van der Waals surface area (Å²) in [6.45, 7) is 6.66. The molecule has 1 atom stereocenters. The van der Waals surface area contributed by atoms with Gasteiger partial charge < -0.3 is 14.2 Å². The number of esters is 3. The van der Waals surface area contributed by atoms with Crippen LogP contribution in [-0.4, -0.2) is 37.2 Å². The molecule has 0 aromatic rings. The molecular weight excluding hydrogens is 853 g/mol. The maximum absolute atomic E-state index is 12.8. The Morgan fingerprint density at radius 2 is 0.478 bits per heavy atom. The molecule has 0 N–H and O–H groups in total. The average molecular weight is 974 g/mol. The van der Waals surface area contributed by atoms with Crippen molar-refractivity contribution in [3.8, 4) is 0 Å². The van der Waals surface area contributed by atoms with Gasteiger partial charge in [-0.1, -0.05) is 303 Å². The van der Waals surface area contributed by atoms with Crippen LogP contribution >= 0.6 is 0 Å². The van der Waals surface area contributed by atoms with Gasteiger partial charge in [0, 0.05) is 19.3 Å². The lowest BCUT2D eigenvalue weighted by Crippen LogP contribution is -2.30. The van der Waals surface area contributed by atoms with E-state index in [9.17, 15) is 14.4 Å². The van der Waals surface area contributed by atoms with Crippen molar-refractivity contribution < 1.29 is 28.6 Å². The van der Waals surface area contributed by atoms with Crippen molar-refractivity contribution in [2.45, 2.75) is 361 Å². The van der Waals surface area contributed by atoms with Crippen LogP contribution < -0.4 is 0 Å². The first kappa shape index (κ1) is 67.1. The minimum absolute atomic E-state index is 0.0675. The Morgan fingerprint density at radius 3 is 0.754 bits per heavy atom. The Labute approximate surface area is 431 Å². The van der Waals surface area contributed by atoms with Gasteiger partial charge in [-0.05, 0) is 44.9 Å². The Morgan fingerprint density at radius 1 is 0.275 bits per heavy atom. The number of rotatable bonds is 58. The van der Waals surface area contributed by atoms with Crippen LogP contribution in [0.4, 0.5) is 0 Å². The van der Waals surface area contributed by atoms with Crippen LogP contribution in [0.1, 0.15) is 355 Å². The molecule has 0 aliphatic heterocycles. The first-order valence-corrected chi connectivity index (χ1v) is 31.2. The van der Waals surface area contributed by atoms with E-state index >= 15 is 0 Å². The topological polar surface area (TPSA) is 78.9 Å². The van der Waals surface area contributed by atoms with Crippen molar-refractivity contribution >= 4 is 17.9 Å². The number of carbonyl (C=O) groups is 3. The normalized spacial score (nSPS) is 12.0. The molecule has 408 valence electrons. The molecule has 6 heteroatoms. The minimum atomic E-state index is -0.768. The number of hydrogen-bond acceptors (Lipinski definition) is 6. The van der Waals surface area contributed by atoms with Gasteiger partial charge in [-0.15, -0.1) is 0 Å². The lowest BCUT2D eigenvalue weighted by atomic mass is 10.0. The van der Waals surface area contributed by atoms with E-state index in [1.807, 2.05) is 0 Å². The molecule has 0 saturated carbocycles. The highest BCUT2D eigenvalue weighted by atomic mass is 16.6. The fourth-order valence-electron chi connectivity index (χ4n) is 9.56. The van der Waals surface area contributed by atoms with Crippen molar-refractivity contribution in [2.75, 3.05) is 13.2 Å². The monoisotopic (exact) mass is 973 g/mol. The Balaban J connectivity index is 4.10. The van der Waals surface area contributed by atoms with E-state index in [-0.39, 0.29) is 31.1 Å². The Kier molecular flexibility index (Phi) is 57.1. The van der Waals surface area contributed by atoms with Crippen molar-refractivity contribution in [1.82, 2.24) is 0 Å². The third-order valence-electron chi connectivity index (χ3n) is 14.3. The second-order valence-electron chi connectivity index (χ2n) is 21.3. The van der Waals surface area contributed by atoms with Gasteiger partial charge in [-0.3, -0.25) is 14.4 Å². The lowest BCUT2D eigenvalue weighted by Gasteiger charge is -2.18. The first-order chi connectivity index (χ1) is 34.0. The van der Waals surface area contributed by atoms with E-state index in [1.165, 1.54) is 250 Å². The van der Waals surface area contributed by atoms with Gasteiger partial charge in [-0.25, -0.2) is 0 Å². The molecule has 0 aliphatic carbocycles. The summed E-state index contributed by atoms with van der Waals surface area (Å²) in [4.78, 5) is 38.1. The molecular formula is C63H120O6. The van der Waals surface area contributed by atoms with Gasteiger partial charge in [0.25, 0.3) is 0 Å². The number of ether oxygens (including phenoxy) is 3. The third-order valence-corrected chi connectivity index (χ3v) is 14.3. The van der Waals surface area contributed by atoms with E-state index in [0.29, 0.717) is 19.3 Å². The molecule has 0 heterocycles. The maximum Gasteiger partial charge on any atom is 0.306 e. The summed E-state index contributed by atoms with van der Waals surface area (Å²) in [5.41, 5.74) is 0. The molecule has 69 heavy (non-hydrogen) atoms. The summed E-state index contributed by atoms with van der Waals surface area (Å²) in [6, 6.07) is 0. The quantitative estimate of drug-likeness (QED) is 0.0261. The first-order valence-electron chi connectivity index (χ1n) is 31.2. The van der Waals surface area contributed by atoms with Crippen molar-refractivity contribution in [3.63, 3.8) is 0 Å². The number of unbranched alkanes of at least 4 members (excludes halogenated alkanes) is 45. The van der Waals surface area contributed by atoms with E-state index < -0.39 is 6.10 Å². The molecule has 0 radical (unpaired) electrons. The van der Waals surface area contributed by atoms with Crippen LogP contribution in [0.15, 0.2) is 12.2 Å². The molecule has 0 amide bonds. The van der Waals surface area contributed by atoms with Crippen LogP contribution in [0.25, 0.3) is 0 Å². The molecule has 0 spiro atoms. The van der Waals surface area contributed by atoms with Gasteiger partial charge in [-0.2, -0.15) is 0 Å². The summed E-state index contributed by atoms with van der Waals surface area (Å²) in [5.74, 6) is -0.853. The van der Waals surface area contributed by atoms with Crippen LogP contribution in [-0.2, 0) is 28.6 Å². The van der Waals surface area contributed by atoms with E-state index in [0.717, 1.165) is 64.2 Å². The second kappa shape index (κ2) is 58.7. The molecule has 6 nitrogen and oxygen atoms in total. The van der Waals surface area contributed by atoms with Crippen molar-refractivity contribution in [1.29, 1.82) is 0 Å². The Bertz CT molecular complexity index is 1070. The Hall–Kier alpha value is -1.85. The van der Waals surface area contributed by atoms with Gasteiger partial charge in [0.15, 0.2) is 6.10 Å². The van der Waals surface area contributed by atoms with E-state index in [2.05, 4.69) is 32.9 Å². The lowest BCUT2D eigenvalue weighted by molar-refractivity contribution is -0.167. The van der Waals surface area contributed by atoms with Crippen LogP contribution in [0, 0.1) is 0 Å². The zero-order valence-electron chi connectivity index (χ0n) is 46.9. The van der Waals surface area contributed by atoms with E-state index in [1.54, 1.807) is 0 Å². The maximum atomic E-state index is 12.8. The summed E-state index contributed by atoms with van der Waals surface area (Å²) in [5, 5.41) is 0. The summed E-state index contributed by atoms with van der Waals surface area (Å²) in [7, 11) is 0. The molecule has 0 fully saturated rings. The molecule has 0 saturated heterocycles. The highest BCUT2D eigenvalue weighted by Crippen LogP contribution is 2.18. The van der Waals surface area contributed by atoms with Gasteiger partial charge >= 0.3 is 17.9 Å². The highest BCUT2D eigenvalue weighted by molar-refractivity contribution is 5.71. The van der Waals surface area contributed by atoms with Gasteiger partial charge in [0.1, 0.15) is 13.2 Å². The average Bonchev–Trinajstić information content (AvgIpc) is 3.35. The zero-order chi connectivity index (χ0) is 50.0. The molecule has 0 aromatic carbocycles. The summed E-state index contributed by atoms with van der Waals surface area (Å²) in [6.07, 6.45) is 68.1. The molecule has 1 unspecified atom stereocenters. The largest absolute Gasteiger partial charge is 0.462 e. The molecule has 0 aliphatic rings. The number of allylic oxidation sites excluding steroid dienone is 2.